The summed E-state index contributed by atoms with van der Waals surface area (Å²) in [4.78, 5) is 16.9. The number of nitrogens with one attached hydrogen (secondary N) is 2. The fraction of sp³-hybridized carbons (Fsp3) is 0.0455. The number of H-pyrrole nitrogens is 2. The average Bonchev–Trinajstić information content (AvgIpc) is 3.50. The molecule has 0 atom stereocenters. The van der Waals surface area contributed by atoms with Gasteiger partial charge in [-0.3, -0.25) is 9.78 Å². The Kier molecular flexibility index (Phi) is 3.69. The van der Waals surface area contributed by atoms with Crippen molar-refractivity contribution in [3.63, 3.8) is 0 Å². The van der Waals surface area contributed by atoms with E-state index >= 15 is 0 Å². The number of imidazole rings is 1. The van der Waals surface area contributed by atoms with Gasteiger partial charge in [0.15, 0.2) is 17.1 Å². The number of hydrogen-bond acceptors (Lipinski definition) is 5. The highest BCUT2D eigenvalue weighted by Gasteiger charge is 2.17. The maximum absolute atomic E-state index is 13.8. The van der Waals surface area contributed by atoms with E-state index in [1.165, 1.54) is 12.1 Å². The second-order valence-electron chi connectivity index (χ2n) is 7.25. The van der Waals surface area contributed by atoms with Gasteiger partial charge in [0.1, 0.15) is 17.0 Å². The molecule has 2 N–H and O–H groups in total. The molecule has 0 fully saturated rings. The molecule has 9 heteroatoms. The quantitative estimate of drug-likeness (QED) is 0.457. The van der Waals surface area contributed by atoms with Crippen LogP contribution in [0, 0.1) is 5.82 Å². The number of fused-ring (bicyclic) bond motifs is 2. The van der Waals surface area contributed by atoms with E-state index in [4.69, 9.17) is 4.98 Å². The van der Waals surface area contributed by atoms with Crippen molar-refractivity contribution in [2.24, 2.45) is 7.05 Å². The van der Waals surface area contributed by atoms with Crippen molar-refractivity contribution in [2.45, 2.75) is 0 Å². The van der Waals surface area contributed by atoms with Crippen molar-refractivity contribution in [2.75, 3.05) is 0 Å². The van der Waals surface area contributed by atoms with E-state index < -0.39 is 0 Å². The van der Waals surface area contributed by atoms with Gasteiger partial charge >= 0.3 is 0 Å². The van der Waals surface area contributed by atoms with Gasteiger partial charge in [-0.15, -0.1) is 0 Å². The first-order chi connectivity index (χ1) is 15.2. The molecule has 150 valence electrons. The van der Waals surface area contributed by atoms with E-state index in [9.17, 15) is 4.39 Å². The lowest BCUT2D eigenvalue weighted by Gasteiger charge is -2.01. The molecule has 31 heavy (non-hydrogen) atoms. The third-order valence-corrected chi connectivity index (χ3v) is 5.20. The fourth-order valence-electron chi connectivity index (χ4n) is 3.72. The first kappa shape index (κ1) is 17.5. The lowest BCUT2D eigenvalue weighted by molar-refractivity contribution is 0.628. The minimum Gasteiger partial charge on any atom is -0.321 e. The van der Waals surface area contributed by atoms with Crippen molar-refractivity contribution in [3.8, 4) is 33.8 Å². The van der Waals surface area contributed by atoms with E-state index in [0.29, 0.717) is 28.3 Å². The highest BCUT2D eigenvalue weighted by atomic mass is 19.1. The van der Waals surface area contributed by atoms with Crippen LogP contribution in [-0.4, -0.2) is 39.9 Å². The zero-order valence-electron chi connectivity index (χ0n) is 16.3. The number of hydrogen-bond donors (Lipinski definition) is 2. The summed E-state index contributed by atoms with van der Waals surface area (Å²) >= 11 is 0. The van der Waals surface area contributed by atoms with Gasteiger partial charge in [0.2, 0.25) is 0 Å². The van der Waals surface area contributed by atoms with Crippen LogP contribution in [0.4, 0.5) is 4.39 Å². The van der Waals surface area contributed by atoms with Gasteiger partial charge in [-0.2, -0.15) is 10.2 Å². The summed E-state index contributed by atoms with van der Waals surface area (Å²) in [7, 11) is 1.87. The van der Waals surface area contributed by atoms with Crippen LogP contribution in [0.1, 0.15) is 0 Å². The second-order valence-corrected chi connectivity index (χ2v) is 7.25. The number of rotatable bonds is 3. The molecule has 5 aromatic heterocycles. The average molecular weight is 410 g/mol. The normalized spacial score (nSPS) is 11.5. The number of aromatic amines is 2. The molecular weight excluding hydrogens is 395 g/mol. The largest absolute Gasteiger partial charge is 0.321 e. The minimum atomic E-state index is -0.300. The predicted molar refractivity (Wildman–Crippen MR) is 114 cm³/mol. The summed E-state index contributed by atoms with van der Waals surface area (Å²) in [5.41, 5.74) is 5.96. The first-order valence-corrected chi connectivity index (χ1v) is 9.60. The molecule has 0 unspecified atom stereocenters. The molecular formula is C22H15FN8. The predicted octanol–water partition coefficient (Wildman–Crippen LogP) is 4.10. The number of benzene rings is 1. The molecule has 0 saturated heterocycles. The molecule has 0 bridgehead atoms. The minimum absolute atomic E-state index is 0.300. The maximum Gasteiger partial charge on any atom is 0.161 e. The molecule has 1 aromatic carbocycles. The molecule has 0 amide bonds. The first-order valence-electron chi connectivity index (χ1n) is 9.60. The molecule has 0 spiro atoms. The van der Waals surface area contributed by atoms with Gasteiger partial charge in [0.25, 0.3) is 0 Å². The van der Waals surface area contributed by atoms with E-state index in [1.807, 2.05) is 31.4 Å². The number of aryl methyl sites for hydroxylation is 1. The van der Waals surface area contributed by atoms with Crippen LogP contribution in [0.2, 0.25) is 0 Å². The van der Waals surface area contributed by atoms with Crippen molar-refractivity contribution < 1.29 is 4.39 Å². The Hall–Kier alpha value is -4.40. The van der Waals surface area contributed by atoms with Crippen LogP contribution >= 0.6 is 0 Å². The van der Waals surface area contributed by atoms with Crippen molar-refractivity contribution >= 4 is 22.2 Å². The van der Waals surface area contributed by atoms with Crippen molar-refractivity contribution in [1.29, 1.82) is 0 Å². The molecule has 0 aliphatic carbocycles. The highest BCUT2D eigenvalue weighted by Crippen LogP contribution is 2.31. The monoisotopic (exact) mass is 410 g/mol. The van der Waals surface area contributed by atoms with Gasteiger partial charge in [0, 0.05) is 42.3 Å². The van der Waals surface area contributed by atoms with Crippen molar-refractivity contribution in [3.05, 3.63) is 67.0 Å². The Balaban J connectivity index is 1.51. The van der Waals surface area contributed by atoms with Gasteiger partial charge in [-0.1, -0.05) is 12.1 Å². The second kappa shape index (κ2) is 6.56. The van der Waals surface area contributed by atoms with Crippen LogP contribution in [0.3, 0.4) is 0 Å². The number of nitrogens with zero attached hydrogens (tertiary/aromatic N) is 6. The van der Waals surface area contributed by atoms with E-state index in [2.05, 4.69) is 30.2 Å². The zero-order chi connectivity index (χ0) is 20.9. The number of pyridine rings is 2. The lowest BCUT2D eigenvalue weighted by atomic mass is 10.1. The van der Waals surface area contributed by atoms with E-state index in [0.717, 1.165) is 27.6 Å². The summed E-state index contributed by atoms with van der Waals surface area (Å²) in [5, 5.41) is 12.4. The summed E-state index contributed by atoms with van der Waals surface area (Å²) < 4.78 is 15.5. The van der Waals surface area contributed by atoms with Crippen molar-refractivity contribution in [1.82, 2.24) is 39.9 Å². The van der Waals surface area contributed by atoms with Crippen LogP contribution in [0.25, 0.3) is 56.0 Å². The zero-order valence-corrected chi connectivity index (χ0v) is 16.3. The van der Waals surface area contributed by atoms with Gasteiger partial charge in [0.05, 0.1) is 11.6 Å². The summed E-state index contributed by atoms with van der Waals surface area (Å²) in [6.07, 6.45) is 7.18. The van der Waals surface area contributed by atoms with Gasteiger partial charge in [-0.05, 0) is 29.8 Å². The van der Waals surface area contributed by atoms with Gasteiger partial charge < -0.3 is 4.98 Å². The topological polar surface area (TPSA) is 101 Å². The Bertz CT molecular complexity index is 1580. The smallest absolute Gasteiger partial charge is 0.161 e. The molecule has 0 aliphatic rings. The molecule has 0 aliphatic heterocycles. The van der Waals surface area contributed by atoms with E-state index in [-0.39, 0.29) is 5.82 Å². The Labute approximate surface area is 174 Å². The van der Waals surface area contributed by atoms with Gasteiger partial charge in [-0.25, -0.2) is 19.3 Å². The number of halogens is 1. The SMILES string of the molecule is Cn1cc(-c2cnc3[nH]nc(-c4nc5c(-c6cccc(F)c6)ccnc5[nH]4)c3c2)cn1. The summed E-state index contributed by atoms with van der Waals surface area (Å²) in [5.74, 6) is 0.258. The Morgan fingerprint density at radius 3 is 2.74 bits per heavy atom. The maximum atomic E-state index is 13.8. The molecule has 6 rings (SSSR count). The lowest BCUT2D eigenvalue weighted by Crippen LogP contribution is -1.85. The van der Waals surface area contributed by atoms with Crippen LogP contribution < -0.4 is 0 Å². The van der Waals surface area contributed by atoms with Crippen LogP contribution in [0.5, 0.6) is 0 Å². The number of aromatic nitrogens is 8. The molecule has 6 aromatic rings. The van der Waals surface area contributed by atoms with Crippen LogP contribution in [-0.2, 0) is 7.05 Å². The summed E-state index contributed by atoms with van der Waals surface area (Å²) in [6, 6.07) is 10.3. The standard InChI is InChI=1S/C22H15FN8/c1-31-11-14(10-26-31)13-8-17-19(29-30-20(17)25-9-13)22-27-18-16(5-6-24-21(18)28-22)12-3-2-4-15(23)7-12/h2-11H,1H3,(H,24,27,28)(H,25,29,30). The molecule has 5 heterocycles. The highest BCUT2D eigenvalue weighted by molar-refractivity contribution is 5.96. The third-order valence-electron chi connectivity index (χ3n) is 5.20. The molecule has 0 saturated carbocycles. The summed E-state index contributed by atoms with van der Waals surface area (Å²) in [6.45, 7) is 0. The Morgan fingerprint density at radius 1 is 0.968 bits per heavy atom. The van der Waals surface area contributed by atoms with E-state index in [1.54, 1.807) is 29.3 Å². The molecule has 8 nitrogen and oxygen atoms in total. The van der Waals surface area contributed by atoms with Crippen LogP contribution in [0.15, 0.2) is 61.2 Å². The third kappa shape index (κ3) is 2.86. The fourth-order valence-corrected chi connectivity index (χ4v) is 3.72. The molecule has 0 radical (unpaired) electrons. The Morgan fingerprint density at radius 2 is 1.90 bits per heavy atom.